The molecule has 1 fully saturated rings. The molecule has 1 aromatic rings. The molecule has 1 unspecified atom stereocenters. The number of hydrogen-bond acceptors (Lipinski definition) is 3. The predicted octanol–water partition coefficient (Wildman–Crippen LogP) is 2.66. The van der Waals surface area contributed by atoms with E-state index in [1.807, 2.05) is 18.5 Å². The second-order valence-electron chi connectivity index (χ2n) is 5.03. The summed E-state index contributed by atoms with van der Waals surface area (Å²) in [5, 5.41) is 5.11. The molecular weight excluding hydrogens is 264 g/mol. The van der Waals surface area contributed by atoms with Crippen molar-refractivity contribution in [2.75, 3.05) is 13.2 Å². The van der Waals surface area contributed by atoms with Gasteiger partial charge in [-0.3, -0.25) is 9.48 Å². The van der Waals surface area contributed by atoms with Crippen molar-refractivity contribution in [2.24, 2.45) is 5.92 Å². The van der Waals surface area contributed by atoms with Gasteiger partial charge in [-0.15, -0.1) is 0 Å². The highest BCUT2D eigenvalue weighted by Gasteiger charge is 2.22. The van der Waals surface area contributed by atoms with Crippen molar-refractivity contribution in [1.29, 1.82) is 0 Å². The summed E-state index contributed by atoms with van der Waals surface area (Å²) in [4.78, 5) is 12.1. The predicted molar refractivity (Wildman–Crippen MR) is 74.5 cm³/mol. The molecule has 1 aromatic heterocycles. The average molecular weight is 285 g/mol. The Morgan fingerprint density at radius 3 is 2.89 bits per heavy atom. The van der Waals surface area contributed by atoms with Gasteiger partial charge in [0, 0.05) is 32.6 Å². The third-order valence-electron chi connectivity index (χ3n) is 3.60. The number of rotatable bonds is 6. The molecule has 1 aliphatic heterocycles. The average Bonchev–Trinajstić information content (AvgIpc) is 2.99. The van der Waals surface area contributed by atoms with Gasteiger partial charge in [0.2, 0.25) is 0 Å². The van der Waals surface area contributed by atoms with Crippen LogP contribution in [0.4, 0.5) is 0 Å². The molecule has 1 atom stereocenters. The number of ether oxygens (including phenoxy) is 1. The van der Waals surface area contributed by atoms with Crippen LogP contribution in [0.2, 0.25) is 5.02 Å². The second kappa shape index (κ2) is 6.53. The Morgan fingerprint density at radius 1 is 1.53 bits per heavy atom. The number of ketones is 1. The molecule has 4 nitrogen and oxygen atoms in total. The molecular formula is C14H21ClN2O2. The number of hydrogen-bond donors (Lipinski definition) is 0. The van der Waals surface area contributed by atoms with E-state index in [0.717, 1.165) is 37.4 Å². The van der Waals surface area contributed by atoms with E-state index in [4.69, 9.17) is 16.3 Å². The summed E-state index contributed by atoms with van der Waals surface area (Å²) < 4.78 is 7.15. The van der Waals surface area contributed by atoms with E-state index in [9.17, 15) is 4.79 Å². The number of Topliss-reactive ketones (excluding diaryl/α,β-unsaturated/α-hetero) is 1. The van der Waals surface area contributed by atoms with E-state index in [-0.39, 0.29) is 5.78 Å². The maximum atomic E-state index is 12.1. The van der Waals surface area contributed by atoms with Crippen molar-refractivity contribution in [3.05, 3.63) is 16.4 Å². The number of aryl methyl sites for hydroxylation is 2. The summed E-state index contributed by atoms with van der Waals surface area (Å²) in [5.74, 6) is 0.615. The minimum atomic E-state index is 0.231. The highest BCUT2D eigenvalue weighted by molar-refractivity contribution is 6.32. The number of nitrogens with zero attached hydrogens (tertiary/aromatic N) is 2. The van der Waals surface area contributed by atoms with Crippen molar-refractivity contribution in [3.8, 4) is 0 Å². The number of halogens is 1. The molecule has 0 amide bonds. The van der Waals surface area contributed by atoms with Crippen LogP contribution in [0.25, 0.3) is 0 Å². The Balaban J connectivity index is 2.04. The van der Waals surface area contributed by atoms with Crippen molar-refractivity contribution in [2.45, 2.75) is 46.1 Å². The van der Waals surface area contributed by atoms with Crippen LogP contribution < -0.4 is 0 Å². The monoisotopic (exact) mass is 284 g/mol. The molecule has 5 heteroatoms. The third kappa shape index (κ3) is 3.37. The van der Waals surface area contributed by atoms with Gasteiger partial charge in [0.15, 0.2) is 0 Å². The molecule has 19 heavy (non-hydrogen) atoms. The molecule has 0 N–H and O–H groups in total. The van der Waals surface area contributed by atoms with E-state index in [0.29, 0.717) is 30.4 Å². The fourth-order valence-electron chi connectivity index (χ4n) is 2.51. The third-order valence-corrected chi connectivity index (χ3v) is 4.04. The van der Waals surface area contributed by atoms with Crippen LogP contribution >= 0.6 is 11.6 Å². The largest absolute Gasteiger partial charge is 0.381 e. The zero-order valence-electron chi connectivity index (χ0n) is 11.6. The van der Waals surface area contributed by atoms with Crippen molar-refractivity contribution in [3.63, 3.8) is 0 Å². The van der Waals surface area contributed by atoms with Crippen LogP contribution in [0.3, 0.4) is 0 Å². The van der Waals surface area contributed by atoms with Gasteiger partial charge in [-0.1, -0.05) is 18.5 Å². The lowest BCUT2D eigenvalue weighted by Crippen LogP contribution is -2.14. The van der Waals surface area contributed by atoms with Gasteiger partial charge in [0.25, 0.3) is 0 Å². The fraction of sp³-hybridized carbons (Fsp3) is 0.714. The summed E-state index contributed by atoms with van der Waals surface area (Å²) in [6.45, 7) is 6.28. The molecule has 0 radical (unpaired) electrons. The van der Waals surface area contributed by atoms with Crippen molar-refractivity contribution < 1.29 is 9.53 Å². The topological polar surface area (TPSA) is 44.1 Å². The smallest absolute Gasteiger partial charge is 0.139 e. The maximum absolute atomic E-state index is 12.1. The minimum Gasteiger partial charge on any atom is -0.381 e. The molecule has 0 saturated carbocycles. The first kappa shape index (κ1) is 14.5. The standard InChI is InChI=1S/C14H21ClN2O2/c1-3-12-14(15)13(17(4-2)16-12)8-11(18)7-10-5-6-19-9-10/h10H,3-9H2,1-2H3. The van der Waals surface area contributed by atoms with Crippen molar-refractivity contribution in [1.82, 2.24) is 9.78 Å². The molecule has 0 bridgehead atoms. The Hall–Kier alpha value is -0.870. The first-order valence-corrected chi connectivity index (χ1v) is 7.37. The van der Waals surface area contributed by atoms with Crippen LogP contribution in [0.1, 0.15) is 38.1 Å². The van der Waals surface area contributed by atoms with E-state index in [2.05, 4.69) is 5.10 Å². The quantitative estimate of drug-likeness (QED) is 0.807. The zero-order valence-corrected chi connectivity index (χ0v) is 12.4. The highest BCUT2D eigenvalue weighted by Crippen LogP contribution is 2.24. The van der Waals surface area contributed by atoms with Crippen LogP contribution in [0, 0.1) is 5.92 Å². The number of carbonyl (C=O) groups is 1. The van der Waals surface area contributed by atoms with E-state index >= 15 is 0 Å². The lowest BCUT2D eigenvalue weighted by atomic mass is 9.99. The second-order valence-corrected chi connectivity index (χ2v) is 5.40. The highest BCUT2D eigenvalue weighted by atomic mass is 35.5. The first-order chi connectivity index (χ1) is 9.15. The van der Waals surface area contributed by atoms with E-state index in [1.54, 1.807) is 0 Å². The molecule has 0 spiro atoms. The van der Waals surface area contributed by atoms with Gasteiger partial charge in [0.1, 0.15) is 5.78 Å². The number of aromatic nitrogens is 2. The Bertz CT molecular complexity index is 451. The van der Waals surface area contributed by atoms with Crippen LogP contribution in [-0.2, 0) is 28.9 Å². The number of carbonyl (C=O) groups excluding carboxylic acids is 1. The Labute approximate surface area is 119 Å². The SMILES string of the molecule is CCc1nn(CC)c(CC(=O)CC2CCOC2)c1Cl. The summed E-state index contributed by atoms with van der Waals surface area (Å²) in [7, 11) is 0. The molecule has 1 saturated heterocycles. The zero-order chi connectivity index (χ0) is 13.8. The van der Waals surface area contributed by atoms with E-state index in [1.165, 1.54) is 0 Å². The van der Waals surface area contributed by atoms with Gasteiger partial charge >= 0.3 is 0 Å². The van der Waals surface area contributed by atoms with Crippen molar-refractivity contribution >= 4 is 17.4 Å². The van der Waals surface area contributed by atoms with E-state index < -0.39 is 0 Å². The summed E-state index contributed by atoms with van der Waals surface area (Å²) >= 11 is 6.31. The Kier molecular flexibility index (Phi) is 4.99. The van der Waals surface area contributed by atoms with Crippen LogP contribution in [0.5, 0.6) is 0 Å². The summed E-state index contributed by atoms with van der Waals surface area (Å²) in [5.41, 5.74) is 1.75. The molecule has 2 heterocycles. The van der Waals surface area contributed by atoms with Crippen LogP contribution in [0.15, 0.2) is 0 Å². The lowest BCUT2D eigenvalue weighted by Gasteiger charge is -2.08. The lowest BCUT2D eigenvalue weighted by molar-refractivity contribution is -0.119. The maximum Gasteiger partial charge on any atom is 0.139 e. The van der Waals surface area contributed by atoms with Gasteiger partial charge < -0.3 is 4.74 Å². The molecule has 0 aliphatic carbocycles. The minimum absolute atomic E-state index is 0.231. The van der Waals surface area contributed by atoms with Gasteiger partial charge in [-0.2, -0.15) is 5.10 Å². The Morgan fingerprint density at radius 2 is 2.32 bits per heavy atom. The van der Waals surface area contributed by atoms with Gasteiger partial charge in [-0.25, -0.2) is 0 Å². The van der Waals surface area contributed by atoms with Gasteiger partial charge in [-0.05, 0) is 25.7 Å². The molecule has 0 aromatic carbocycles. The first-order valence-electron chi connectivity index (χ1n) is 6.99. The molecule has 2 rings (SSSR count). The molecule has 106 valence electrons. The molecule has 1 aliphatic rings. The van der Waals surface area contributed by atoms with Crippen LogP contribution in [-0.4, -0.2) is 28.8 Å². The summed E-state index contributed by atoms with van der Waals surface area (Å²) in [6, 6.07) is 0. The van der Waals surface area contributed by atoms with Gasteiger partial charge in [0.05, 0.1) is 16.4 Å². The normalized spacial score (nSPS) is 19.0. The summed E-state index contributed by atoms with van der Waals surface area (Å²) in [6.07, 6.45) is 2.76. The fourth-order valence-corrected chi connectivity index (χ4v) is 2.85.